The molecule has 0 amide bonds. The lowest BCUT2D eigenvalue weighted by Gasteiger charge is -2.09. The van der Waals surface area contributed by atoms with Gasteiger partial charge in [-0.05, 0) is 23.8 Å². The fourth-order valence-corrected chi connectivity index (χ4v) is 2.04. The summed E-state index contributed by atoms with van der Waals surface area (Å²) in [6.45, 7) is 0.498. The molecule has 0 atom stereocenters. The van der Waals surface area contributed by atoms with Gasteiger partial charge in [0.25, 0.3) is 0 Å². The molecule has 0 fully saturated rings. The first-order chi connectivity index (χ1) is 11.3. The highest BCUT2D eigenvalue weighted by molar-refractivity contribution is 5.38. The summed E-state index contributed by atoms with van der Waals surface area (Å²) in [7, 11) is 0. The van der Waals surface area contributed by atoms with Crippen LogP contribution in [0.1, 0.15) is 11.3 Å². The molecule has 0 aliphatic heterocycles. The first-order valence-corrected chi connectivity index (χ1v) is 7.14. The third-order valence-electron chi connectivity index (χ3n) is 3.14. The van der Waals surface area contributed by atoms with Crippen molar-refractivity contribution in [1.82, 2.24) is 4.98 Å². The van der Waals surface area contributed by atoms with Crippen LogP contribution in [0.5, 0.6) is 17.2 Å². The van der Waals surface area contributed by atoms with Crippen molar-refractivity contribution in [2.24, 2.45) is 0 Å². The van der Waals surface area contributed by atoms with Crippen molar-refractivity contribution in [3.63, 3.8) is 0 Å². The summed E-state index contributed by atoms with van der Waals surface area (Å²) in [5.74, 6) is 1.93. The molecule has 0 spiro atoms. The van der Waals surface area contributed by atoms with Crippen molar-refractivity contribution in [3.05, 3.63) is 84.2 Å². The van der Waals surface area contributed by atoms with Crippen LogP contribution in [0.15, 0.2) is 72.9 Å². The molecule has 4 nitrogen and oxygen atoms in total. The average Bonchev–Trinajstić information content (AvgIpc) is 2.61. The average molecular weight is 302 g/mol. The van der Waals surface area contributed by atoms with E-state index in [1.54, 1.807) is 18.3 Å². The summed E-state index contributed by atoms with van der Waals surface area (Å²) < 4.78 is 11.5. The van der Waals surface area contributed by atoms with Gasteiger partial charge in [-0.3, -0.25) is 0 Å². The number of ether oxygens (including phenoxy) is 2. The zero-order valence-corrected chi connectivity index (χ0v) is 12.3. The molecule has 3 rings (SSSR count). The summed E-state index contributed by atoms with van der Waals surface area (Å²) in [6, 6.07) is 22.6. The smallest absolute Gasteiger partial charge is 0.144 e. The Morgan fingerprint density at radius 2 is 1.65 bits per heavy atom. The molecule has 3 aromatic rings. The van der Waals surface area contributed by atoms with Crippen molar-refractivity contribution in [2.45, 2.75) is 6.61 Å². The Labute approximate surface area is 134 Å². The number of nitrogens with zero attached hydrogens (tertiary/aromatic N) is 2. The van der Waals surface area contributed by atoms with Crippen molar-refractivity contribution < 1.29 is 9.47 Å². The molecule has 112 valence electrons. The molecule has 0 unspecified atom stereocenters. The van der Waals surface area contributed by atoms with Crippen molar-refractivity contribution in [3.8, 4) is 23.3 Å². The van der Waals surface area contributed by atoms with Crippen LogP contribution in [0.4, 0.5) is 0 Å². The minimum absolute atomic E-state index is 0.319. The fraction of sp³-hybridized carbons (Fsp3) is 0.0526. The van der Waals surface area contributed by atoms with Gasteiger partial charge >= 0.3 is 0 Å². The molecule has 0 aliphatic carbocycles. The molecule has 0 saturated carbocycles. The van der Waals surface area contributed by atoms with E-state index in [4.69, 9.17) is 14.7 Å². The SMILES string of the molecule is N#Cc1cc(Oc2cccc(OCc3ccccc3)c2)ccn1. The zero-order chi connectivity index (χ0) is 15.9. The van der Waals surface area contributed by atoms with E-state index in [0.29, 0.717) is 23.8 Å². The highest BCUT2D eigenvalue weighted by Crippen LogP contribution is 2.25. The molecule has 23 heavy (non-hydrogen) atoms. The van der Waals surface area contributed by atoms with Gasteiger partial charge in [0.15, 0.2) is 0 Å². The van der Waals surface area contributed by atoms with Crippen LogP contribution in [0.2, 0.25) is 0 Å². The largest absolute Gasteiger partial charge is 0.489 e. The highest BCUT2D eigenvalue weighted by Gasteiger charge is 2.02. The summed E-state index contributed by atoms with van der Waals surface area (Å²) >= 11 is 0. The van der Waals surface area contributed by atoms with Gasteiger partial charge in [-0.2, -0.15) is 5.26 Å². The molecular weight excluding hydrogens is 288 g/mol. The first kappa shape index (κ1) is 14.6. The Morgan fingerprint density at radius 1 is 0.870 bits per heavy atom. The number of rotatable bonds is 5. The van der Waals surface area contributed by atoms with Crippen molar-refractivity contribution in [2.75, 3.05) is 0 Å². The second-order valence-corrected chi connectivity index (χ2v) is 4.84. The van der Waals surface area contributed by atoms with Crippen LogP contribution in [0.3, 0.4) is 0 Å². The lowest BCUT2D eigenvalue weighted by molar-refractivity contribution is 0.304. The van der Waals surface area contributed by atoms with Crippen LogP contribution < -0.4 is 9.47 Å². The maximum Gasteiger partial charge on any atom is 0.144 e. The minimum atomic E-state index is 0.319. The monoisotopic (exact) mass is 302 g/mol. The Bertz CT molecular complexity index is 826. The van der Waals surface area contributed by atoms with Gasteiger partial charge in [0.2, 0.25) is 0 Å². The minimum Gasteiger partial charge on any atom is -0.489 e. The Hall–Kier alpha value is -3.32. The Morgan fingerprint density at radius 3 is 2.48 bits per heavy atom. The fourth-order valence-electron chi connectivity index (χ4n) is 2.04. The van der Waals surface area contributed by atoms with E-state index >= 15 is 0 Å². The maximum absolute atomic E-state index is 8.86. The lowest BCUT2D eigenvalue weighted by Crippen LogP contribution is -1.95. The van der Waals surface area contributed by atoms with Gasteiger partial charge in [0.1, 0.15) is 35.6 Å². The quantitative estimate of drug-likeness (QED) is 0.704. The van der Waals surface area contributed by atoms with Gasteiger partial charge in [-0.1, -0.05) is 36.4 Å². The van der Waals surface area contributed by atoms with Gasteiger partial charge in [0, 0.05) is 18.3 Å². The molecular formula is C19H14N2O2. The number of benzene rings is 2. The number of hydrogen-bond acceptors (Lipinski definition) is 4. The van der Waals surface area contributed by atoms with Crippen molar-refractivity contribution in [1.29, 1.82) is 5.26 Å². The number of hydrogen-bond donors (Lipinski definition) is 0. The Kier molecular flexibility index (Phi) is 4.51. The van der Waals surface area contributed by atoms with Gasteiger partial charge in [0.05, 0.1) is 0 Å². The van der Waals surface area contributed by atoms with Crippen LogP contribution >= 0.6 is 0 Å². The van der Waals surface area contributed by atoms with Gasteiger partial charge < -0.3 is 9.47 Å². The predicted molar refractivity (Wildman–Crippen MR) is 86.2 cm³/mol. The van der Waals surface area contributed by atoms with E-state index in [9.17, 15) is 0 Å². The summed E-state index contributed by atoms with van der Waals surface area (Å²) in [4.78, 5) is 3.91. The van der Waals surface area contributed by atoms with E-state index in [-0.39, 0.29) is 0 Å². The summed E-state index contributed by atoms with van der Waals surface area (Å²) in [5, 5.41) is 8.86. The molecule has 0 bridgehead atoms. The third kappa shape index (κ3) is 4.08. The summed E-state index contributed by atoms with van der Waals surface area (Å²) in [6.07, 6.45) is 1.55. The zero-order valence-electron chi connectivity index (χ0n) is 12.3. The van der Waals surface area contributed by atoms with E-state index in [1.165, 1.54) is 0 Å². The standard InChI is InChI=1S/C19H14N2O2/c20-13-16-11-19(9-10-21-16)23-18-8-4-7-17(12-18)22-14-15-5-2-1-3-6-15/h1-12H,14H2. The highest BCUT2D eigenvalue weighted by atomic mass is 16.5. The second kappa shape index (κ2) is 7.10. The number of nitriles is 1. The van der Waals surface area contributed by atoms with Crippen LogP contribution in [0, 0.1) is 11.3 Å². The van der Waals surface area contributed by atoms with E-state index < -0.39 is 0 Å². The second-order valence-electron chi connectivity index (χ2n) is 4.84. The molecule has 0 radical (unpaired) electrons. The van der Waals surface area contributed by atoms with Crippen LogP contribution in [-0.4, -0.2) is 4.98 Å². The molecule has 0 saturated heterocycles. The molecule has 1 aromatic heterocycles. The molecule has 2 aromatic carbocycles. The summed E-state index contributed by atoms with van der Waals surface area (Å²) in [5.41, 5.74) is 1.42. The number of pyridine rings is 1. The van der Waals surface area contributed by atoms with Gasteiger partial charge in [-0.25, -0.2) is 4.98 Å². The van der Waals surface area contributed by atoms with E-state index in [1.807, 2.05) is 60.7 Å². The number of aromatic nitrogens is 1. The molecule has 0 N–H and O–H groups in total. The Balaban J connectivity index is 1.68. The normalized spacial score (nSPS) is 9.87. The van der Waals surface area contributed by atoms with E-state index in [2.05, 4.69) is 4.98 Å². The lowest BCUT2D eigenvalue weighted by atomic mass is 10.2. The van der Waals surface area contributed by atoms with Crippen molar-refractivity contribution >= 4 is 0 Å². The van der Waals surface area contributed by atoms with Crippen LogP contribution in [0.25, 0.3) is 0 Å². The van der Waals surface area contributed by atoms with Crippen LogP contribution in [-0.2, 0) is 6.61 Å². The van der Waals surface area contributed by atoms with Gasteiger partial charge in [-0.15, -0.1) is 0 Å². The first-order valence-electron chi connectivity index (χ1n) is 7.14. The molecule has 0 aliphatic rings. The predicted octanol–water partition coefficient (Wildman–Crippen LogP) is 4.32. The molecule has 1 heterocycles. The third-order valence-corrected chi connectivity index (χ3v) is 3.14. The molecule has 4 heteroatoms. The maximum atomic E-state index is 8.86. The van der Waals surface area contributed by atoms with E-state index in [0.717, 1.165) is 11.3 Å². The topological polar surface area (TPSA) is 55.1 Å².